The minimum atomic E-state index is 0.109. The third-order valence-corrected chi connectivity index (χ3v) is 7.54. The summed E-state index contributed by atoms with van der Waals surface area (Å²) in [5.41, 5.74) is 3.22. The summed E-state index contributed by atoms with van der Waals surface area (Å²) in [6.45, 7) is 7.64. The number of methoxy groups -OCH3 is 1. The smallest absolute Gasteiger partial charge is 0.144 e. The Kier molecular flexibility index (Phi) is 8.28. The fourth-order valence-electron chi connectivity index (χ4n) is 5.22. The van der Waals surface area contributed by atoms with Crippen molar-refractivity contribution in [2.24, 2.45) is 5.92 Å². The van der Waals surface area contributed by atoms with Crippen molar-refractivity contribution in [2.45, 2.75) is 38.6 Å². The second-order valence-electron chi connectivity index (χ2n) is 9.15. The largest absolute Gasteiger partial charge is 0.494 e. The molecular formula is C26H36N4O2S. The summed E-state index contributed by atoms with van der Waals surface area (Å²) >= 11 is 4.45. The van der Waals surface area contributed by atoms with Gasteiger partial charge in [0.05, 0.1) is 12.6 Å². The second-order valence-corrected chi connectivity index (χ2v) is 9.41. The van der Waals surface area contributed by atoms with Crippen molar-refractivity contribution in [1.82, 2.24) is 15.2 Å². The zero-order valence-electron chi connectivity index (χ0n) is 19.8. The first-order valence-corrected chi connectivity index (χ1v) is 12.6. The Morgan fingerprint density at radius 2 is 2.06 bits per heavy atom. The van der Waals surface area contributed by atoms with Crippen molar-refractivity contribution in [2.75, 3.05) is 51.3 Å². The Labute approximate surface area is 202 Å². The predicted octanol–water partition coefficient (Wildman–Crippen LogP) is 3.92. The topological polar surface area (TPSA) is 57.7 Å². The number of thiol groups is 1. The van der Waals surface area contributed by atoms with Crippen LogP contribution >= 0.6 is 12.6 Å². The predicted molar refractivity (Wildman–Crippen MR) is 138 cm³/mol. The average molecular weight is 469 g/mol. The summed E-state index contributed by atoms with van der Waals surface area (Å²) in [7, 11) is 1.72. The maximum Gasteiger partial charge on any atom is 0.144 e. The van der Waals surface area contributed by atoms with Crippen LogP contribution in [-0.2, 0) is 4.79 Å². The molecule has 3 heterocycles. The molecule has 2 fully saturated rings. The maximum atomic E-state index is 13.1. The highest BCUT2D eigenvalue weighted by atomic mass is 32.1. The molecule has 0 aliphatic carbocycles. The van der Waals surface area contributed by atoms with Crippen molar-refractivity contribution < 1.29 is 9.53 Å². The number of benzene rings is 1. The van der Waals surface area contributed by atoms with Gasteiger partial charge in [-0.1, -0.05) is 6.07 Å². The van der Waals surface area contributed by atoms with Crippen LogP contribution in [-0.4, -0.2) is 68.1 Å². The number of aromatic nitrogens is 1. The normalized spacial score (nSPS) is 20.0. The molecule has 178 valence electrons. The molecule has 0 amide bonds. The molecule has 2 aromatic rings. The van der Waals surface area contributed by atoms with Gasteiger partial charge < -0.3 is 15.0 Å². The van der Waals surface area contributed by atoms with Crippen LogP contribution in [0.15, 0.2) is 41.4 Å². The van der Waals surface area contributed by atoms with Gasteiger partial charge in [-0.05, 0) is 68.5 Å². The van der Waals surface area contributed by atoms with Gasteiger partial charge in [-0.3, -0.25) is 14.7 Å². The first-order chi connectivity index (χ1) is 16.1. The molecule has 1 unspecified atom stereocenters. The van der Waals surface area contributed by atoms with E-state index in [1.54, 1.807) is 7.11 Å². The number of rotatable bonds is 7. The van der Waals surface area contributed by atoms with Gasteiger partial charge in [0.1, 0.15) is 17.2 Å². The lowest BCUT2D eigenvalue weighted by molar-refractivity contribution is -0.124. The number of fused-ring (bicyclic) bond motifs is 1. The molecule has 2 aliphatic heterocycles. The van der Waals surface area contributed by atoms with Crippen LogP contribution < -0.4 is 15.0 Å². The van der Waals surface area contributed by atoms with Crippen LogP contribution in [0.4, 0.5) is 5.69 Å². The molecule has 1 aromatic heterocycles. The van der Waals surface area contributed by atoms with Crippen LogP contribution in [0.25, 0.3) is 10.9 Å². The molecular weight excluding hydrogens is 432 g/mol. The summed E-state index contributed by atoms with van der Waals surface area (Å²) < 4.78 is 5.73. The Balaban J connectivity index is 1.52. The molecule has 2 aliphatic rings. The summed E-state index contributed by atoms with van der Waals surface area (Å²) in [5, 5.41) is 6.36. The van der Waals surface area contributed by atoms with E-state index in [0.717, 1.165) is 80.9 Å². The molecule has 4 rings (SSSR count). The number of pyridine rings is 1. The molecule has 0 bridgehead atoms. The molecule has 0 radical (unpaired) electrons. The number of hydrogen-bond donors (Lipinski definition) is 2. The number of ketones is 1. The van der Waals surface area contributed by atoms with Crippen molar-refractivity contribution in [3.8, 4) is 5.75 Å². The molecule has 1 aromatic carbocycles. The van der Waals surface area contributed by atoms with Crippen molar-refractivity contribution in [1.29, 1.82) is 0 Å². The molecule has 1 N–H and O–H groups in total. The Morgan fingerprint density at radius 1 is 1.24 bits per heavy atom. The first kappa shape index (κ1) is 24.0. The van der Waals surface area contributed by atoms with Crippen LogP contribution in [0, 0.1) is 5.92 Å². The van der Waals surface area contributed by atoms with Gasteiger partial charge in [-0.2, -0.15) is 12.6 Å². The third kappa shape index (κ3) is 5.53. The van der Waals surface area contributed by atoms with E-state index in [9.17, 15) is 4.79 Å². The number of hydrogen-bond acceptors (Lipinski definition) is 7. The summed E-state index contributed by atoms with van der Waals surface area (Å²) in [5.74, 6) is 1.45. The fourth-order valence-corrected chi connectivity index (χ4v) is 5.39. The van der Waals surface area contributed by atoms with E-state index in [4.69, 9.17) is 4.74 Å². The summed E-state index contributed by atoms with van der Waals surface area (Å²) in [6, 6.07) is 8.28. The lowest BCUT2D eigenvalue weighted by Crippen LogP contribution is -2.42. The summed E-state index contributed by atoms with van der Waals surface area (Å²) in [6.07, 6.45) is 5.35. The van der Waals surface area contributed by atoms with E-state index in [1.807, 2.05) is 23.7 Å². The van der Waals surface area contributed by atoms with Gasteiger partial charge in [-0.25, -0.2) is 0 Å². The van der Waals surface area contributed by atoms with Crippen LogP contribution in [0.2, 0.25) is 0 Å². The maximum absolute atomic E-state index is 13.1. The second kappa shape index (κ2) is 11.4. The molecule has 2 saturated heterocycles. The molecule has 0 spiro atoms. The van der Waals surface area contributed by atoms with Crippen molar-refractivity contribution >= 4 is 35.0 Å². The fraction of sp³-hybridized carbons (Fsp3) is 0.538. The quantitative estimate of drug-likeness (QED) is 0.601. The first-order valence-electron chi connectivity index (χ1n) is 12.1. The number of nitrogens with zero attached hydrogens (tertiary/aromatic N) is 3. The minimum absolute atomic E-state index is 0.109. The van der Waals surface area contributed by atoms with Crippen LogP contribution in [0.3, 0.4) is 0 Å². The van der Waals surface area contributed by atoms with E-state index in [2.05, 4.69) is 51.8 Å². The SMILES string of the molecule is COc1ccc2cccnc2c1N1CCCN(C(CC(=O)C2CCNCC2)/C(C)=C/S)CC1. The van der Waals surface area contributed by atoms with Gasteiger partial charge in [-0.15, -0.1) is 0 Å². The average Bonchev–Trinajstić information content (AvgIpc) is 3.12. The molecule has 7 heteroatoms. The number of nitrogens with one attached hydrogen (secondary N) is 1. The highest BCUT2D eigenvalue weighted by molar-refractivity contribution is 7.83. The van der Waals surface area contributed by atoms with E-state index >= 15 is 0 Å². The van der Waals surface area contributed by atoms with E-state index in [1.165, 1.54) is 5.57 Å². The van der Waals surface area contributed by atoms with Crippen molar-refractivity contribution in [3.63, 3.8) is 0 Å². The van der Waals surface area contributed by atoms with Crippen molar-refractivity contribution in [3.05, 3.63) is 41.4 Å². The van der Waals surface area contributed by atoms with E-state index in [-0.39, 0.29) is 12.0 Å². The molecule has 1 atom stereocenters. The van der Waals surface area contributed by atoms with Gasteiger partial charge in [0, 0.05) is 56.1 Å². The van der Waals surface area contributed by atoms with E-state index < -0.39 is 0 Å². The number of Topliss-reactive ketones (excluding diaryl/α,β-unsaturated/α-hetero) is 1. The number of carbonyl (C=O) groups is 1. The lowest BCUT2D eigenvalue weighted by Gasteiger charge is -2.33. The zero-order chi connectivity index (χ0) is 23.2. The summed E-state index contributed by atoms with van der Waals surface area (Å²) in [4.78, 5) is 22.7. The number of piperidine rings is 1. The standard InChI is InChI=1S/C26H36N4O2S/c1-19(18-33)22(17-23(31)20-8-11-27-12-9-20)29-13-4-14-30(16-15-29)26-24(32-2)7-6-21-5-3-10-28-25(21)26/h3,5-7,10,18,20,22,27,33H,4,8-9,11-17H2,1-2H3/b19-18+. The van der Waals surface area contributed by atoms with E-state index in [0.29, 0.717) is 12.2 Å². The number of ether oxygens (including phenoxy) is 1. The molecule has 6 nitrogen and oxygen atoms in total. The molecule has 33 heavy (non-hydrogen) atoms. The van der Waals surface area contributed by atoms with Gasteiger partial charge in [0.15, 0.2) is 0 Å². The highest BCUT2D eigenvalue weighted by Crippen LogP contribution is 2.36. The molecule has 0 saturated carbocycles. The Bertz CT molecular complexity index is 989. The van der Waals surface area contributed by atoms with Gasteiger partial charge in [0.2, 0.25) is 0 Å². The van der Waals surface area contributed by atoms with Crippen LogP contribution in [0.5, 0.6) is 5.75 Å². The van der Waals surface area contributed by atoms with Gasteiger partial charge in [0.25, 0.3) is 0 Å². The number of anilines is 1. The number of carbonyl (C=O) groups excluding carboxylic acids is 1. The highest BCUT2D eigenvalue weighted by Gasteiger charge is 2.30. The van der Waals surface area contributed by atoms with Crippen LogP contribution in [0.1, 0.15) is 32.6 Å². The Morgan fingerprint density at radius 3 is 2.82 bits per heavy atom. The van der Waals surface area contributed by atoms with Gasteiger partial charge >= 0.3 is 0 Å². The third-order valence-electron chi connectivity index (χ3n) is 7.14. The Hall–Kier alpha value is -2.09. The lowest BCUT2D eigenvalue weighted by atomic mass is 9.88. The zero-order valence-corrected chi connectivity index (χ0v) is 20.7. The minimum Gasteiger partial charge on any atom is -0.494 e. The monoisotopic (exact) mass is 468 g/mol.